The molecule has 0 atom stereocenters. The van der Waals surface area contributed by atoms with E-state index in [9.17, 15) is 0 Å². The Morgan fingerprint density at radius 1 is 0.545 bits per heavy atom. The SMILES string of the molecule is c1ccc2c(c1)ccc1cc3c4c(ccc3cc12)CCCC4. The van der Waals surface area contributed by atoms with E-state index in [1.54, 1.807) is 11.1 Å². The van der Waals surface area contributed by atoms with E-state index in [4.69, 9.17) is 0 Å². The van der Waals surface area contributed by atoms with E-state index in [2.05, 4.69) is 60.7 Å². The molecule has 0 N–H and O–H groups in total. The molecule has 4 aromatic carbocycles. The smallest absolute Gasteiger partial charge is 0.00990 e. The molecule has 0 heterocycles. The van der Waals surface area contributed by atoms with Crippen LogP contribution in [0, 0.1) is 0 Å². The topological polar surface area (TPSA) is 0 Å². The third-order valence-electron chi connectivity index (χ3n) is 5.21. The first-order chi connectivity index (χ1) is 10.9. The number of benzene rings is 4. The highest BCUT2D eigenvalue weighted by Gasteiger charge is 2.13. The van der Waals surface area contributed by atoms with Crippen molar-refractivity contribution < 1.29 is 0 Å². The third kappa shape index (κ3) is 1.70. The Labute approximate surface area is 130 Å². The van der Waals surface area contributed by atoms with Crippen LogP contribution >= 0.6 is 0 Å². The lowest BCUT2D eigenvalue weighted by Crippen LogP contribution is -2.02. The Hall–Kier alpha value is -2.34. The van der Waals surface area contributed by atoms with Gasteiger partial charge in [0.05, 0.1) is 0 Å². The van der Waals surface area contributed by atoms with Crippen LogP contribution in [0.25, 0.3) is 32.3 Å². The molecule has 0 radical (unpaired) electrons. The van der Waals surface area contributed by atoms with Crippen molar-refractivity contribution in [1.82, 2.24) is 0 Å². The van der Waals surface area contributed by atoms with Gasteiger partial charge in [-0.1, -0.05) is 48.5 Å². The fraction of sp³-hybridized carbons (Fsp3) is 0.182. The van der Waals surface area contributed by atoms with Crippen molar-refractivity contribution >= 4 is 32.3 Å². The first kappa shape index (κ1) is 12.2. The van der Waals surface area contributed by atoms with Gasteiger partial charge in [-0.05, 0) is 81.3 Å². The average molecular weight is 282 g/mol. The van der Waals surface area contributed by atoms with E-state index in [-0.39, 0.29) is 0 Å². The van der Waals surface area contributed by atoms with Gasteiger partial charge in [-0.15, -0.1) is 0 Å². The monoisotopic (exact) mass is 282 g/mol. The van der Waals surface area contributed by atoms with Crippen LogP contribution in [0.15, 0.2) is 60.7 Å². The molecular weight excluding hydrogens is 264 g/mol. The molecule has 5 rings (SSSR count). The minimum Gasteiger partial charge on any atom is -0.0616 e. The molecule has 0 saturated heterocycles. The summed E-state index contributed by atoms with van der Waals surface area (Å²) in [5, 5.41) is 8.29. The molecular formula is C22H18. The highest BCUT2D eigenvalue weighted by atomic mass is 14.2. The lowest BCUT2D eigenvalue weighted by Gasteiger charge is -2.18. The van der Waals surface area contributed by atoms with Crippen molar-refractivity contribution in [3.8, 4) is 0 Å². The fourth-order valence-corrected chi connectivity index (χ4v) is 4.08. The zero-order valence-corrected chi connectivity index (χ0v) is 12.6. The van der Waals surface area contributed by atoms with Gasteiger partial charge in [0, 0.05) is 0 Å². The second-order valence-electron chi connectivity index (χ2n) is 6.49. The molecule has 0 spiro atoms. The van der Waals surface area contributed by atoms with Crippen LogP contribution in [0.3, 0.4) is 0 Å². The molecule has 1 aliphatic rings. The van der Waals surface area contributed by atoms with Gasteiger partial charge in [-0.25, -0.2) is 0 Å². The normalized spacial score (nSPS) is 14.5. The van der Waals surface area contributed by atoms with Crippen LogP contribution in [-0.4, -0.2) is 0 Å². The molecule has 0 aliphatic heterocycles. The van der Waals surface area contributed by atoms with E-state index in [1.807, 2.05) is 0 Å². The molecule has 0 bridgehead atoms. The summed E-state index contributed by atoms with van der Waals surface area (Å²) < 4.78 is 0. The number of hydrogen-bond acceptors (Lipinski definition) is 0. The van der Waals surface area contributed by atoms with Gasteiger partial charge in [0.1, 0.15) is 0 Å². The number of aryl methyl sites for hydroxylation is 2. The molecule has 0 amide bonds. The maximum Gasteiger partial charge on any atom is -0.00990 e. The second-order valence-corrected chi connectivity index (χ2v) is 6.49. The largest absolute Gasteiger partial charge is 0.0616 e. The molecule has 0 nitrogen and oxygen atoms in total. The summed E-state index contributed by atoms with van der Waals surface area (Å²) in [6, 6.07) is 22.7. The molecule has 4 aromatic rings. The average Bonchev–Trinajstić information content (AvgIpc) is 2.60. The number of hydrogen-bond donors (Lipinski definition) is 0. The highest BCUT2D eigenvalue weighted by Crippen LogP contribution is 2.34. The molecule has 0 unspecified atom stereocenters. The first-order valence-corrected chi connectivity index (χ1v) is 8.26. The third-order valence-corrected chi connectivity index (χ3v) is 5.21. The molecule has 0 fully saturated rings. The summed E-state index contributed by atoms with van der Waals surface area (Å²) in [7, 11) is 0. The van der Waals surface area contributed by atoms with Crippen LogP contribution in [0.2, 0.25) is 0 Å². The molecule has 0 saturated carbocycles. The van der Waals surface area contributed by atoms with E-state index in [0.29, 0.717) is 0 Å². The van der Waals surface area contributed by atoms with Crippen molar-refractivity contribution in [2.24, 2.45) is 0 Å². The van der Waals surface area contributed by atoms with Gasteiger partial charge in [-0.3, -0.25) is 0 Å². The summed E-state index contributed by atoms with van der Waals surface area (Å²) in [6.45, 7) is 0. The molecule has 22 heavy (non-hydrogen) atoms. The van der Waals surface area contributed by atoms with E-state index in [0.717, 1.165) is 0 Å². The van der Waals surface area contributed by atoms with E-state index in [1.165, 1.54) is 58.0 Å². The maximum absolute atomic E-state index is 2.42. The van der Waals surface area contributed by atoms with Crippen molar-refractivity contribution in [3.63, 3.8) is 0 Å². The van der Waals surface area contributed by atoms with Crippen LogP contribution in [0.1, 0.15) is 24.0 Å². The Bertz CT molecular complexity index is 1020. The predicted octanol–water partition coefficient (Wildman–Crippen LogP) is 6.03. The van der Waals surface area contributed by atoms with Crippen LogP contribution in [-0.2, 0) is 12.8 Å². The van der Waals surface area contributed by atoms with Gasteiger partial charge in [0.25, 0.3) is 0 Å². The number of rotatable bonds is 0. The second kappa shape index (κ2) is 4.58. The highest BCUT2D eigenvalue weighted by molar-refractivity contribution is 6.12. The summed E-state index contributed by atoms with van der Waals surface area (Å²) in [5.74, 6) is 0. The van der Waals surface area contributed by atoms with Crippen LogP contribution in [0.5, 0.6) is 0 Å². The van der Waals surface area contributed by atoms with Crippen molar-refractivity contribution in [3.05, 3.63) is 71.8 Å². The maximum atomic E-state index is 2.42. The molecule has 0 heteroatoms. The number of fused-ring (bicyclic) bond motifs is 6. The fourth-order valence-electron chi connectivity index (χ4n) is 4.08. The van der Waals surface area contributed by atoms with Crippen molar-refractivity contribution in [1.29, 1.82) is 0 Å². The molecule has 106 valence electrons. The van der Waals surface area contributed by atoms with E-state index < -0.39 is 0 Å². The van der Waals surface area contributed by atoms with Gasteiger partial charge >= 0.3 is 0 Å². The summed E-state index contributed by atoms with van der Waals surface area (Å²) in [6.07, 6.45) is 5.17. The zero-order chi connectivity index (χ0) is 14.5. The van der Waals surface area contributed by atoms with E-state index >= 15 is 0 Å². The summed E-state index contributed by atoms with van der Waals surface area (Å²) in [4.78, 5) is 0. The lowest BCUT2D eigenvalue weighted by atomic mass is 9.86. The first-order valence-electron chi connectivity index (χ1n) is 8.26. The Balaban J connectivity index is 1.92. The molecule has 1 aliphatic carbocycles. The van der Waals surface area contributed by atoms with Crippen molar-refractivity contribution in [2.75, 3.05) is 0 Å². The Kier molecular flexibility index (Phi) is 2.54. The minimum absolute atomic E-state index is 1.24. The van der Waals surface area contributed by atoms with Gasteiger partial charge < -0.3 is 0 Å². The van der Waals surface area contributed by atoms with Crippen molar-refractivity contribution in [2.45, 2.75) is 25.7 Å². The zero-order valence-electron chi connectivity index (χ0n) is 12.6. The molecule has 0 aromatic heterocycles. The lowest BCUT2D eigenvalue weighted by molar-refractivity contribution is 0.690. The Morgan fingerprint density at radius 2 is 1.27 bits per heavy atom. The van der Waals surface area contributed by atoms with Crippen LogP contribution < -0.4 is 0 Å². The summed E-state index contributed by atoms with van der Waals surface area (Å²) >= 11 is 0. The van der Waals surface area contributed by atoms with Crippen LogP contribution in [0.4, 0.5) is 0 Å². The van der Waals surface area contributed by atoms with Gasteiger partial charge in [0.15, 0.2) is 0 Å². The summed E-state index contributed by atoms with van der Waals surface area (Å²) in [5.41, 5.74) is 3.16. The standard InChI is InChI=1S/C22H18/c1-3-7-19-15(5-1)9-11-17-14-22-18(13-21(17)19)12-10-16-6-2-4-8-20(16)22/h1,3,5,7,9-14H,2,4,6,8H2. The Morgan fingerprint density at radius 3 is 2.27 bits per heavy atom. The predicted molar refractivity (Wildman–Crippen MR) is 95.6 cm³/mol. The van der Waals surface area contributed by atoms with Gasteiger partial charge in [-0.2, -0.15) is 0 Å². The minimum atomic E-state index is 1.24. The van der Waals surface area contributed by atoms with Gasteiger partial charge in [0.2, 0.25) is 0 Å². The quantitative estimate of drug-likeness (QED) is 0.273.